The fraction of sp³-hybridized carbons (Fsp3) is 0.846. The van der Waals surface area contributed by atoms with Gasteiger partial charge in [-0.2, -0.15) is 4.37 Å². The molecule has 0 radical (unpaired) electrons. The summed E-state index contributed by atoms with van der Waals surface area (Å²) in [6.07, 6.45) is 4.37. The average Bonchev–Trinajstić information content (AvgIpc) is 2.81. The fourth-order valence-corrected chi connectivity index (χ4v) is 3.21. The molecule has 0 unspecified atom stereocenters. The van der Waals surface area contributed by atoms with E-state index in [1.54, 1.807) is 0 Å². The summed E-state index contributed by atoms with van der Waals surface area (Å²) in [6, 6.07) is 0. The van der Waals surface area contributed by atoms with Crippen LogP contribution in [-0.2, 0) is 0 Å². The van der Waals surface area contributed by atoms with Crippen molar-refractivity contribution in [3.05, 3.63) is 5.82 Å². The fourth-order valence-electron chi connectivity index (χ4n) is 2.38. The number of nitrogens with one attached hydrogen (secondary N) is 1. The first kappa shape index (κ1) is 13.7. The predicted octanol–water partition coefficient (Wildman–Crippen LogP) is 3.01. The molecule has 0 aromatic carbocycles. The van der Waals surface area contributed by atoms with E-state index in [2.05, 4.69) is 35.4 Å². The third-order valence-corrected chi connectivity index (χ3v) is 4.51. The van der Waals surface area contributed by atoms with Gasteiger partial charge in [-0.3, -0.25) is 0 Å². The van der Waals surface area contributed by atoms with Gasteiger partial charge in [0.25, 0.3) is 0 Å². The molecule has 1 aliphatic rings. The Morgan fingerprint density at radius 2 is 2.11 bits per heavy atom. The lowest BCUT2D eigenvalue weighted by molar-refractivity contribution is 0.155. The molecule has 0 amide bonds. The monoisotopic (exact) mass is 269 g/mol. The van der Waals surface area contributed by atoms with Gasteiger partial charge in [-0.05, 0) is 31.6 Å². The molecule has 1 fully saturated rings. The second kappa shape index (κ2) is 5.53. The lowest BCUT2D eigenvalue weighted by Gasteiger charge is -2.38. The van der Waals surface area contributed by atoms with Crippen LogP contribution in [0.2, 0.25) is 0 Å². The van der Waals surface area contributed by atoms with E-state index >= 15 is 0 Å². The molecule has 0 spiro atoms. The molecule has 0 atom stereocenters. The number of aromatic nitrogens is 2. The van der Waals surface area contributed by atoms with Crippen LogP contribution in [0.4, 0.5) is 5.13 Å². The first-order valence-electron chi connectivity index (χ1n) is 6.77. The molecule has 0 bridgehead atoms. The quantitative estimate of drug-likeness (QED) is 0.882. The highest BCUT2D eigenvalue weighted by Crippen LogP contribution is 2.34. The largest absolute Gasteiger partial charge is 0.394 e. The Morgan fingerprint density at radius 3 is 2.61 bits per heavy atom. The molecule has 2 rings (SSSR count). The van der Waals surface area contributed by atoms with Crippen molar-refractivity contribution in [2.24, 2.45) is 5.92 Å². The van der Waals surface area contributed by atoms with E-state index in [0.717, 1.165) is 29.7 Å². The molecule has 5 heteroatoms. The first-order chi connectivity index (χ1) is 8.54. The number of anilines is 1. The number of aliphatic hydroxyl groups excluding tert-OH is 1. The minimum Gasteiger partial charge on any atom is -0.394 e. The predicted molar refractivity (Wildman–Crippen MR) is 75.1 cm³/mol. The number of aliphatic hydroxyl groups is 1. The van der Waals surface area contributed by atoms with E-state index in [0.29, 0.717) is 5.92 Å². The summed E-state index contributed by atoms with van der Waals surface area (Å²) in [5, 5.41) is 14.0. The molecule has 0 saturated heterocycles. The van der Waals surface area contributed by atoms with Crippen LogP contribution >= 0.6 is 11.5 Å². The van der Waals surface area contributed by atoms with Crippen LogP contribution in [0.25, 0.3) is 0 Å². The minimum absolute atomic E-state index is 0.177. The van der Waals surface area contributed by atoms with Crippen LogP contribution in [0, 0.1) is 5.92 Å². The van der Waals surface area contributed by atoms with Gasteiger partial charge in [-0.1, -0.05) is 20.8 Å². The zero-order valence-electron chi connectivity index (χ0n) is 11.4. The van der Waals surface area contributed by atoms with Crippen LogP contribution in [0.15, 0.2) is 0 Å². The lowest BCUT2D eigenvalue weighted by Crippen LogP contribution is -2.45. The Hall–Kier alpha value is -0.680. The van der Waals surface area contributed by atoms with Crippen molar-refractivity contribution in [3.63, 3.8) is 0 Å². The zero-order chi connectivity index (χ0) is 13.2. The highest BCUT2D eigenvalue weighted by atomic mass is 32.1. The Labute approximate surface area is 113 Å². The van der Waals surface area contributed by atoms with Crippen molar-refractivity contribution < 1.29 is 5.11 Å². The molecule has 1 saturated carbocycles. The summed E-state index contributed by atoms with van der Waals surface area (Å²) in [5.41, 5.74) is -0.180. The molecule has 18 heavy (non-hydrogen) atoms. The maximum atomic E-state index is 9.70. The summed E-state index contributed by atoms with van der Waals surface area (Å²) in [5.74, 6) is 2.01. The highest BCUT2D eigenvalue weighted by Gasteiger charge is 2.34. The molecule has 2 N–H and O–H groups in total. The molecule has 102 valence electrons. The van der Waals surface area contributed by atoms with Crippen molar-refractivity contribution in [2.45, 2.75) is 57.9 Å². The Morgan fingerprint density at radius 1 is 1.44 bits per heavy atom. The van der Waals surface area contributed by atoms with Gasteiger partial charge in [0.05, 0.1) is 12.1 Å². The van der Waals surface area contributed by atoms with Crippen LogP contribution in [-0.4, -0.2) is 26.6 Å². The summed E-state index contributed by atoms with van der Waals surface area (Å²) in [4.78, 5) is 4.50. The maximum Gasteiger partial charge on any atom is 0.203 e. The van der Waals surface area contributed by atoms with Crippen molar-refractivity contribution in [1.29, 1.82) is 0 Å². The van der Waals surface area contributed by atoms with Gasteiger partial charge in [0.1, 0.15) is 5.82 Å². The van der Waals surface area contributed by atoms with Crippen molar-refractivity contribution in [2.75, 3.05) is 11.9 Å². The summed E-state index contributed by atoms with van der Waals surface area (Å²) in [7, 11) is 0. The second-order valence-electron chi connectivity index (χ2n) is 5.86. The minimum atomic E-state index is -0.180. The topological polar surface area (TPSA) is 58.0 Å². The Kier molecular flexibility index (Phi) is 4.22. The van der Waals surface area contributed by atoms with Crippen LogP contribution in [0.1, 0.15) is 58.2 Å². The molecule has 4 nitrogen and oxygen atoms in total. The molecule has 0 aliphatic heterocycles. The smallest absolute Gasteiger partial charge is 0.203 e. The maximum absolute atomic E-state index is 9.70. The molecular formula is C13H23N3OS. The lowest BCUT2D eigenvalue weighted by atomic mass is 9.78. The van der Waals surface area contributed by atoms with Gasteiger partial charge in [0, 0.05) is 17.5 Å². The van der Waals surface area contributed by atoms with E-state index in [1.165, 1.54) is 24.4 Å². The molecule has 1 aromatic rings. The third-order valence-electron chi connectivity index (χ3n) is 3.86. The van der Waals surface area contributed by atoms with Crippen molar-refractivity contribution in [1.82, 2.24) is 9.36 Å². The highest BCUT2D eigenvalue weighted by molar-refractivity contribution is 7.09. The van der Waals surface area contributed by atoms with E-state index in [-0.39, 0.29) is 12.1 Å². The van der Waals surface area contributed by atoms with Gasteiger partial charge in [0.15, 0.2) is 0 Å². The zero-order valence-corrected chi connectivity index (χ0v) is 12.3. The number of nitrogens with zero attached hydrogens (tertiary/aromatic N) is 2. The SMILES string of the molecule is CC1CCC(CO)(Nc2nc(C(C)C)ns2)CC1. The normalized spacial score (nSPS) is 28.6. The van der Waals surface area contributed by atoms with Crippen LogP contribution in [0.5, 0.6) is 0 Å². The van der Waals surface area contributed by atoms with Gasteiger partial charge >= 0.3 is 0 Å². The summed E-state index contributed by atoms with van der Waals surface area (Å²) in [6.45, 7) is 6.64. The van der Waals surface area contributed by atoms with E-state index in [1.807, 2.05) is 0 Å². The standard InChI is InChI=1S/C13H23N3OS/c1-9(2)11-14-12(18-16-11)15-13(8-17)6-4-10(3)5-7-13/h9-10,17H,4-8H2,1-3H3,(H,14,15,16). The number of hydrogen-bond acceptors (Lipinski definition) is 5. The molecular weight excluding hydrogens is 246 g/mol. The van der Waals surface area contributed by atoms with Gasteiger partial charge in [-0.25, -0.2) is 4.98 Å². The van der Waals surface area contributed by atoms with Gasteiger partial charge < -0.3 is 10.4 Å². The second-order valence-corrected chi connectivity index (χ2v) is 6.61. The molecule has 1 aromatic heterocycles. The molecule has 1 heterocycles. The molecule has 1 aliphatic carbocycles. The van der Waals surface area contributed by atoms with Crippen LogP contribution in [0.3, 0.4) is 0 Å². The van der Waals surface area contributed by atoms with Gasteiger partial charge in [0.2, 0.25) is 5.13 Å². The summed E-state index contributed by atoms with van der Waals surface area (Å²) >= 11 is 1.40. The van der Waals surface area contributed by atoms with Gasteiger partial charge in [-0.15, -0.1) is 0 Å². The van der Waals surface area contributed by atoms with E-state index in [9.17, 15) is 5.11 Å². The average molecular weight is 269 g/mol. The Bertz CT molecular complexity index is 383. The van der Waals surface area contributed by atoms with Crippen molar-refractivity contribution >= 4 is 16.7 Å². The first-order valence-corrected chi connectivity index (χ1v) is 7.55. The Balaban J connectivity index is 2.05. The number of hydrogen-bond donors (Lipinski definition) is 2. The van der Waals surface area contributed by atoms with Crippen molar-refractivity contribution in [3.8, 4) is 0 Å². The summed E-state index contributed by atoms with van der Waals surface area (Å²) < 4.78 is 4.35. The number of rotatable bonds is 4. The third kappa shape index (κ3) is 3.01. The van der Waals surface area contributed by atoms with E-state index in [4.69, 9.17) is 0 Å². The van der Waals surface area contributed by atoms with E-state index < -0.39 is 0 Å². The van der Waals surface area contributed by atoms with Crippen LogP contribution < -0.4 is 5.32 Å².